The van der Waals surface area contributed by atoms with Crippen molar-refractivity contribution < 1.29 is 4.74 Å². The van der Waals surface area contributed by atoms with E-state index in [1.165, 1.54) is 6.07 Å². The zero-order valence-corrected chi connectivity index (χ0v) is 10.3. The number of rotatable bonds is 4. The van der Waals surface area contributed by atoms with Crippen LogP contribution in [0.1, 0.15) is 11.3 Å². The van der Waals surface area contributed by atoms with Gasteiger partial charge in [-0.25, -0.2) is 4.79 Å². The first kappa shape index (κ1) is 12.6. The Morgan fingerprint density at radius 2 is 2.32 bits per heavy atom. The lowest BCUT2D eigenvalue weighted by atomic mass is 10.2. The molecular weight excluding hydrogens is 244 g/mol. The molecule has 2 rings (SSSR count). The molecule has 0 spiro atoms. The number of methoxy groups -OCH3 is 1. The quantitative estimate of drug-likeness (QED) is 0.859. The van der Waals surface area contributed by atoms with E-state index in [1.54, 1.807) is 7.11 Å². The first-order chi connectivity index (χ1) is 9.21. The maximum absolute atomic E-state index is 11.2. The standard InChI is InChI=1S/C13H12N4O2/c1-19-11-4-2-3-9(5-11)8-15-12-6-10(7-14)16-13(18)17-12/h2-6H,8H2,1H3,(H2,15,16,17,18). The number of anilines is 1. The number of ether oxygens (including phenoxy) is 1. The molecule has 0 aliphatic heterocycles. The van der Waals surface area contributed by atoms with E-state index in [-0.39, 0.29) is 5.69 Å². The Bertz CT molecular complexity index is 673. The monoisotopic (exact) mass is 256 g/mol. The molecular formula is C13H12N4O2. The topological polar surface area (TPSA) is 90.8 Å². The molecule has 0 amide bonds. The van der Waals surface area contributed by atoms with Crippen molar-refractivity contribution >= 4 is 5.82 Å². The van der Waals surface area contributed by atoms with Crippen LogP contribution in [0, 0.1) is 11.3 Å². The van der Waals surface area contributed by atoms with E-state index in [0.717, 1.165) is 11.3 Å². The van der Waals surface area contributed by atoms with Crippen molar-refractivity contribution in [3.8, 4) is 11.8 Å². The number of hydrogen-bond acceptors (Lipinski definition) is 5. The summed E-state index contributed by atoms with van der Waals surface area (Å²) in [7, 11) is 1.60. The zero-order chi connectivity index (χ0) is 13.7. The summed E-state index contributed by atoms with van der Waals surface area (Å²) in [5, 5.41) is 11.7. The highest BCUT2D eigenvalue weighted by Gasteiger charge is 2.01. The lowest BCUT2D eigenvalue weighted by Crippen LogP contribution is -2.14. The minimum atomic E-state index is -0.549. The van der Waals surface area contributed by atoms with Crippen LogP contribution in [0.5, 0.6) is 5.75 Å². The minimum Gasteiger partial charge on any atom is -0.497 e. The minimum absolute atomic E-state index is 0.174. The molecule has 19 heavy (non-hydrogen) atoms. The molecule has 0 fully saturated rings. The highest BCUT2D eigenvalue weighted by molar-refractivity contribution is 5.40. The number of nitrogens with zero attached hydrogens (tertiary/aromatic N) is 2. The SMILES string of the molecule is COc1cccc(CNc2cc(C#N)[nH]c(=O)n2)c1. The van der Waals surface area contributed by atoms with Crippen LogP contribution in [0.2, 0.25) is 0 Å². The summed E-state index contributed by atoms with van der Waals surface area (Å²) in [5.41, 5.74) is 0.611. The molecule has 1 aromatic heterocycles. The van der Waals surface area contributed by atoms with Crippen molar-refractivity contribution in [1.29, 1.82) is 5.26 Å². The first-order valence-electron chi connectivity index (χ1n) is 5.59. The first-order valence-corrected chi connectivity index (χ1v) is 5.59. The second-order valence-electron chi connectivity index (χ2n) is 3.80. The second-order valence-corrected chi connectivity index (χ2v) is 3.80. The number of hydrogen-bond donors (Lipinski definition) is 2. The molecule has 0 aliphatic carbocycles. The molecule has 0 aliphatic rings. The maximum Gasteiger partial charge on any atom is 0.347 e. The van der Waals surface area contributed by atoms with Crippen LogP contribution in [0.25, 0.3) is 0 Å². The number of H-pyrrole nitrogens is 1. The van der Waals surface area contributed by atoms with Gasteiger partial charge in [0.25, 0.3) is 0 Å². The fraction of sp³-hybridized carbons (Fsp3) is 0.154. The highest BCUT2D eigenvalue weighted by atomic mass is 16.5. The molecule has 0 unspecified atom stereocenters. The molecule has 0 radical (unpaired) electrons. The van der Waals surface area contributed by atoms with Gasteiger partial charge in [-0.2, -0.15) is 10.2 Å². The second kappa shape index (κ2) is 5.69. The molecule has 6 nitrogen and oxygen atoms in total. The molecule has 0 saturated heterocycles. The lowest BCUT2D eigenvalue weighted by Gasteiger charge is -2.07. The van der Waals surface area contributed by atoms with E-state index in [0.29, 0.717) is 12.4 Å². The van der Waals surface area contributed by atoms with E-state index in [9.17, 15) is 4.79 Å². The van der Waals surface area contributed by atoms with Crippen LogP contribution in [0.3, 0.4) is 0 Å². The molecule has 0 saturated carbocycles. The van der Waals surface area contributed by atoms with Crippen molar-refractivity contribution in [2.45, 2.75) is 6.54 Å². The fourth-order valence-electron chi connectivity index (χ4n) is 1.58. The Labute approximate surface area is 109 Å². The van der Waals surface area contributed by atoms with Crippen LogP contribution in [0.4, 0.5) is 5.82 Å². The van der Waals surface area contributed by atoms with Gasteiger partial charge in [-0.1, -0.05) is 12.1 Å². The smallest absolute Gasteiger partial charge is 0.347 e. The third-order valence-corrected chi connectivity index (χ3v) is 2.47. The molecule has 2 aromatic rings. The summed E-state index contributed by atoms with van der Waals surface area (Å²) in [5.74, 6) is 1.12. The van der Waals surface area contributed by atoms with E-state index < -0.39 is 5.69 Å². The van der Waals surface area contributed by atoms with Gasteiger partial charge in [0.05, 0.1) is 7.11 Å². The Morgan fingerprint density at radius 1 is 1.47 bits per heavy atom. The van der Waals surface area contributed by atoms with Crippen LogP contribution < -0.4 is 15.7 Å². The van der Waals surface area contributed by atoms with Gasteiger partial charge in [-0.05, 0) is 17.7 Å². The van der Waals surface area contributed by atoms with Gasteiger partial charge in [-0.3, -0.25) is 4.98 Å². The number of aromatic amines is 1. The predicted octanol–water partition coefficient (Wildman–Crippen LogP) is 1.26. The summed E-state index contributed by atoms with van der Waals surface area (Å²) >= 11 is 0. The van der Waals surface area contributed by atoms with Gasteiger partial charge in [0.2, 0.25) is 0 Å². The number of benzene rings is 1. The Kier molecular flexibility index (Phi) is 3.78. The molecule has 6 heteroatoms. The van der Waals surface area contributed by atoms with Gasteiger partial charge in [-0.15, -0.1) is 0 Å². The summed E-state index contributed by atoms with van der Waals surface area (Å²) in [6, 6.07) is 10.9. The summed E-state index contributed by atoms with van der Waals surface area (Å²) in [6.45, 7) is 0.485. The Hall–Kier alpha value is -2.81. The highest BCUT2D eigenvalue weighted by Crippen LogP contribution is 2.13. The molecule has 0 bridgehead atoms. The van der Waals surface area contributed by atoms with Gasteiger partial charge in [0.15, 0.2) is 0 Å². The largest absolute Gasteiger partial charge is 0.497 e. The van der Waals surface area contributed by atoms with Crippen LogP contribution in [0.15, 0.2) is 35.1 Å². The van der Waals surface area contributed by atoms with E-state index in [4.69, 9.17) is 10.00 Å². The van der Waals surface area contributed by atoms with Gasteiger partial charge < -0.3 is 10.1 Å². The van der Waals surface area contributed by atoms with E-state index >= 15 is 0 Å². The van der Waals surface area contributed by atoms with E-state index in [1.807, 2.05) is 30.3 Å². The number of nitrogens with one attached hydrogen (secondary N) is 2. The fourth-order valence-corrected chi connectivity index (χ4v) is 1.58. The molecule has 2 N–H and O–H groups in total. The maximum atomic E-state index is 11.2. The van der Waals surface area contributed by atoms with Crippen molar-refractivity contribution in [2.24, 2.45) is 0 Å². The van der Waals surface area contributed by atoms with Crippen molar-refractivity contribution in [3.05, 3.63) is 52.1 Å². The molecule has 1 heterocycles. The van der Waals surface area contributed by atoms with Gasteiger partial charge in [0.1, 0.15) is 23.3 Å². The third-order valence-electron chi connectivity index (χ3n) is 2.47. The average Bonchev–Trinajstić information content (AvgIpc) is 2.44. The molecule has 96 valence electrons. The summed E-state index contributed by atoms with van der Waals surface area (Å²) in [6.07, 6.45) is 0. The number of aromatic nitrogens is 2. The van der Waals surface area contributed by atoms with Crippen molar-refractivity contribution in [2.75, 3.05) is 12.4 Å². The van der Waals surface area contributed by atoms with Gasteiger partial charge >= 0.3 is 5.69 Å². The number of nitriles is 1. The Balaban J connectivity index is 2.12. The van der Waals surface area contributed by atoms with Gasteiger partial charge in [0, 0.05) is 12.6 Å². The average molecular weight is 256 g/mol. The lowest BCUT2D eigenvalue weighted by molar-refractivity contribution is 0.414. The van der Waals surface area contributed by atoms with E-state index in [2.05, 4.69) is 15.3 Å². The summed E-state index contributed by atoms with van der Waals surface area (Å²) < 4.78 is 5.12. The van der Waals surface area contributed by atoms with Crippen LogP contribution in [-0.2, 0) is 6.54 Å². The van der Waals surface area contributed by atoms with Crippen LogP contribution >= 0.6 is 0 Å². The normalized spacial score (nSPS) is 9.68. The van der Waals surface area contributed by atoms with Crippen molar-refractivity contribution in [3.63, 3.8) is 0 Å². The summed E-state index contributed by atoms with van der Waals surface area (Å²) in [4.78, 5) is 17.3. The zero-order valence-electron chi connectivity index (χ0n) is 10.3. The predicted molar refractivity (Wildman–Crippen MR) is 69.9 cm³/mol. The Morgan fingerprint density at radius 3 is 3.05 bits per heavy atom. The van der Waals surface area contributed by atoms with Crippen molar-refractivity contribution in [1.82, 2.24) is 9.97 Å². The molecule has 1 aromatic carbocycles. The van der Waals surface area contributed by atoms with Crippen LogP contribution in [-0.4, -0.2) is 17.1 Å². The third kappa shape index (κ3) is 3.33. The molecule has 0 atom stereocenters.